The number of ether oxygens (including phenoxy) is 1. The quantitative estimate of drug-likeness (QED) is 0.611. The van der Waals surface area contributed by atoms with Gasteiger partial charge in [-0.15, -0.1) is 0 Å². The van der Waals surface area contributed by atoms with Crippen LogP contribution >= 0.6 is 11.6 Å². The molecule has 2 heterocycles. The Balaban J connectivity index is 1.37. The second kappa shape index (κ2) is 8.99. The van der Waals surface area contributed by atoms with Gasteiger partial charge in [-0.1, -0.05) is 54.1 Å². The molecule has 0 amide bonds. The van der Waals surface area contributed by atoms with Gasteiger partial charge in [0.2, 0.25) is 17.5 Å². The van der Waals surface area contributed by atoms with Gasteiger partial charge < -0.3 is 14.1 Å². The molecule has 0 bridgehead atoms. The van der Waals surface area contributed by atoms with Gasteiger partial charge in [0.15, 0.2) is 6.61 Å². The standard InChI is InChI=1S/C22H21ClN4O2/c23-18-8-4-5-9-20(18)28-16-21-25-19(14-24)22(29-21)27-12-10-26(11-13-27)15-17-6-2-1-3-7-17/h1-9H,10-13,15-16H2. The normalized spacial score (nSPS) is 14.6. The fourth-order valence-corrected chi connectivity index (χ4v) is 3.55. The SMILES string of the molecule is N#Cc1nc(COc2ccccc2Cl)oc1N1CCN(Cc2ccccc2)CC1. The van der Waals surface area contributed by atoms with Crippen LogP contribution in [0.4, 0.5) is 5.88 Å². The highest BCUT2D eigenvalue weighted by molar-refractivity contribution is 6.32. The van der Waals surface area contributed by atoms with E-state index in [9.17, 15) is 5.26 Å². The number of benzene rings is 2. The number of hydrogen-bond donors (Lipinski definition) is 0. The van der Waals surface area contributed by atoms with Gasteiger partial charge >= 0.3 is 0 Å². The fourth-order valence-electron chi connectivity index (χ4n) is 3.36. The Labute approximate surface area is 174 Å². The maximum atomic E-state index is 9.47. The summed E-state index contributed by atoms with van der Waals surface area (Å²) in [6.45, 7) is 4.39. The average Bonchev–Trinajstić information content (AvgIpc) is 3.18. The maximum absolute atomic E-state index is 9.47. The van der Waals surface area contributed by atoms with Gasteiger partial charge in [0.25, 0.3) is 0 Å². The Morgan fingerprint density at radius 3 is 2.48 bits per heavy atom. The summed E-state index contributed by atoms with van der Waals surface area (Å²) in [5.41, 5.74) is 1.59. The third kappa shape index (κ3) is 4.70. The molecule has 4 rings (SSSR count). The lowest BCUT2D eigenvalue weighted by atomic mass is 10.2. The third-order valence-corrected chi connectivity index (χ3v) is 5.17. The van der Waals surface area contributed by atoms with Crippen molar-refractivity contribution in [1.82, 2.24) is 9.88 Å². The molecule has 7 heteroatoms. The van der Waals surface area contributed by atoms with E-state index in [4.69, 9.17) is 20.8 Å². The summed E-state index contributed by atoms with van der Waals surface area (Å²) in [6, 6.07) is 19.8. The highest BCUT2D eigenvalue weighted by atomic mass is 35.5. The Kier molecular flexibility index (Phi) is 5.99. The number of oxazole rings is 1. The monoisotopic (exact) mass is 408 g/mol. The summed E-state index contributed by atoms with van der Waals surface area (Å²) in [4.78, 5) is 8.76. The molecule has 148 valence electrons. The maximum Gasteiger partial charge on any atom is 0.236 e. The largest absolute Gasteiger partial charge is 0.482 e. The van der Waals surface area contributed by atoms with Crippen molar-refractivity contribution in [2.75, 3.05) is 31.1 Å². The summed E-state index contributed by atoms with van der Waals surface area (Å²) in [5.74, 6) is 1.44. The van der Waals surface area contributed by atoms with Crippen LogP contribution in [0.2, 0.25) is 5.02 Å². The first-order chi connectivity index (χ1) is 14.2. The van der Waals surface area contributed by atoms with Crippen molar-refractivity contribution in [3.05, 3.63) is 76.8 Å². The molecule has 1 aliphatic rings. The lowest BCUT2D eigenvalue weighted by Crippen LogP contribution is -2.46. The molecule has 0 atom stereocenters. The number of anilines is 1. The predicted molar refractivity (Wildman–Crippen MR) is 111 cm³/mol. The molecule has 29 heavy (non-hydrogen) atoms. The average molecular weight is 409 g/mol. The Morgan fingerprint density at radius 2 is 1.76 bits per heavy atom. The van der Waals surface area contributed by atoms with E-state index in [1.807, 2.05) is 18.2 Å². The molecule has 0 radical (unpaired) electrons. The van der Waals surface area contributed by atoms with Gasteiger partial charge in [0.1, 0.15) is 11.8 Å². The van der Waals surface area contributed by atoms with Crippen molar-refractivity contribution < 1.29 is 9.15 Å². The summed E-state index contributed by atoms with van der Waals surface area (Å²) in [7, 11) is 0. The fraction of sp³-hybridized carbons (Fsp3) is 0.273. The van der Waals surface area contributed by atoms with Gasteiger partial charge in [-0.3, -0.25) is 4.90 Å². The first-order valence-electron chi connectivity index (χ1n) is 9.51. The van der Waals surface area contributed by atoms with Crippen LogP contribution in [0.15, 0.2) is 59.0 Å². The molecule has 3 aromatic rings. The van der Waals surface area contributed by atoms with Crippen LogP contribution in [0, 0.1) is 11.3 Å². The Morgan fingerprint density at radius 1 is 1.03 bits per heavy atom. The first kappa shape index (κ1) is 19.3. The molecule has 1 aliphatic heterocycles. The van der Waals surface area contributed by atoms with Crippen molar-refractivity contribution in [2.24, 2.45) is 0 Å². The van der Waals surface area contributed by atoms with Gasteiger partial charge in [-0.05, 0) is 17.7 Å². The van der Waals surface area contributed by atoms with Gasteiger partial charge in [0, 0.05) is 32.7 Å². The second-order valence-corrected chi connectivity index (χ2v) is 7.25. The number of piperazine rings is 1. The molecule has 1 fully saturated rings. The van der Waals surface area contributed by atoms with Crippen LogP contribution in [-0.4, -0.2) is 36.1 Å². The van der Waals surface area contributed by atoms with Crippen molar-refractivity contribution >= 4 is 17.5 Å². The van der Waals surface area contributed by atoms with E-state index in [2.05, 4.69) is 45.1 Å². The van der Waals surface area contributed by atoms with Gasteiger partial charge in [-0.25, -0.2) is 0 Å². The lowest BCUT2D eigenvalue weighted by Gasteiger charge is -2.34. The molecule has 6 nitrogen and oxygen atoms in total. The van der Waals surface area contributed by atoms with Crippen LogP contribution in [0.25, 0.3) is 0 Å². The summed E-state index contributed by atoms with van der Waals surface area (Å²) in [6.07, 6.45) is 0. The van der Waals surface area contributed by atoms with E-state index in [0.29, 0.717) is 28.2 Å². The van der Waals surface area contributed by atoms with E-state index < -0.39 is 0 Å². The number of para-hydroxylation sites is 1. The number of hydrogen-bond acceptors (Lipinski definition) is 6. The summed E-state index contributed by atoms with van der Waals surface area (Å²) >= 11 is 6.11. The summed E-state index contributed by atoms with van der Waals surface area (Å²) < 4.78 is 11.5. The van der Waals surface area contributed by atoms with E-state index in [-0.39, 0.29) is 6.61 Å². The minimum absolute atomic E-state index is 0.117. The van der Waals surface area contributed by atoms with E-state index in [1.54, 1.807) is 12.1 Å². The lowest BCUT2D eigenvalue weighted by molar-refractivity contribution is 0.240. The van der Waals surface area contributed by atoms with Crippen LogP contribution in [0.3, 0.4) is 0 Å². The zero-order valence-electron chi connectivity index (χ0n) is 15.9. The molecule has 2 aromatic carbocycles. The van der Waals surface area contributed by atoms with Crippen molar-refractivity contribution in [3.63, 3.8) is 0 Å². The predicted octanol–water partition coefficient (Wildman–Crippen LogP) is 4.10. The molecule has 0 aliphatic carbocycles. The van der Waals surface area contributed by atoms with E-state index >= 15 is 0 Å². The number of halogens is 1. The van der Waals surface area contributed by atoms with Crippen LogP contribution in [-0.2, 0) is 13.2 Å². The molecule has 0 unspecified atom stereocenters. The van der Waals surface area contributed by atoms with Crippen molar-refractivity contribution in [1.29, 1.82) is 5.26 Å². The second-order valence-electron chi connectivity index (χ2n) is 6.84. The van der Waals surface area contributed by atoms with Crippen LogP contribution in [0.1, 0.15) is 17.1 Å². The van der Waals surface area contributed by atoms with E-state index in [1.165, 1.54) is 5.56 Å². The van der Waals surface area contributed by atoms with Gasteiger partial charge in [0.05, 0.1) is 5.02 Å². The number of rotatable bonds is 6. The third-order valence-electron chi connectivity index (χ3n) is 4.86. The molecule has 1 aromatic heterocycles. The van der Waals surface area contributed by atoms with E-state index in [0.717, 1.165) is 32.7 Å². The molecule has 0 N–H and O–H groups in total. The minimum atomic E-state index is 0.117. The van der Waals surface area contributed by atoms with Crippen molar-refractivity contribution in [2.45, 2.75) is 13.2 Å². The zero-order valence-corrected chi connectivity index (χ0v) is 16.7. The summed E-state index contributed by atoms with van der Waals surface area (Å²) in [5, 5.41) is 9.99. The topological polar surface area (TPSA) is 65.5 Å². The highest BCUT2D eigenvalue weighted by Gasteiger charge is 2.24. The minimum Gasteiger partial charge on any atom is -0.482 e. The molecule has 0 saturated carbocycles. The molecule has 0 spiro atoms. The Bertz CT molecular complexity index is 992. The smallest absolute Gasteiger partial charge is 0.236 e. The molecule has 1 saturated heterocycles. The molecular formula is C22H21ClN4O2. The van der Waals surface area contributed by atoms with Crippen LogP contribution in [0.5, 0.6) is 5.75 Å². The molecular weight excluding hydrogens is 388 g/mol. The highest BCUT2D eigenvalue weighted by Crippen LogP contribution is 2.27. The number of aromatic nitrogens is 1. The zero-order chi connectivity index (χ0) is 20.1. The number of nitrogens with zero attached hydrogens (tertiary/aromatic N) is 4. The van der Waals surface area contributed by atoms with Crippen molar-refractivity contribution in [3.8, 4) is 11.8 Å². The van der Waals surface area contributed by atoms with Gasteiger partial charge in [-0.2, -0.15) is 10.2 Å². The first-order valence-corrected chi connectivity index (χ1v) is 9.89. The van der Waals surface area contributed by atoms with Crippen LogP contribution < -0.4 is 9.64 Å². The Hall–Kier alpha value is -3.01. The number of nitriles is 1.